The summed E-state index contributed by atoms with van der Waals surface area (Å²) < 4.78 is 5.91. The second-order valence-electron chi connectivity index (χ2n) is 5.11. The Morgan fingerprint density at radius 2 is 1.68 bits per heavy atom. The van der Waals surface area contributed by atoms with Crippen LogP contribution in [0, 0.1) is 13.8 Å². The van der Waals surface area contributed by atoms with Gasteiger partial charge in [-0.2, -0.15) is 0 Å². The fourth-order valence-electron chi connectivity index (χ4n) is 2.30. The molecule has 2 aromatic rings. The molecule has 2 N–H and O–H groups in total. The molecule has 0 amide bonds. The summed E-state index contributed by atoms with van der Waals surface area (Å²) in [5, 5.41) is 0. The molecule has 2 rings (SSSR count). The molecule has 0 radical (unpaired) electrons. The molecule has 0 aromatic heterocycles. The van der Waals surface area contributed by atoms with Crippen molar-refractivity contribution in [2.24, 2.45) is 5.73 Å². The van der Waals surface area contributed by atoms with Crippen molar-refractivity contribution in [2.45, 2.75) is 33.4 Å². The summed E-state index contributed by atoms with van der Waals surface area (Å²) in [6.07, 6.45) is 0. The molecule has 1 unspecified atom stereocenters. The van der Waals surface area contributed by atoms with E-state index in [1.807, 2.05) is 31.2 Å². The largest absolute Gasteiger partial charge is 0.489 e. The van der Waals surface area contributed by atoms with Crippen LogP contribution in [0.2, 0.25) is 0 Å². The SMILES string of the molecule is Cc1cc(C)cc(COc2ccccc2C(C)N)c1. The molecule has 100 valence electrons. The zero-order valence-corrected chi connectivity index (χ0v) is 11.8. The zero-order chi connectivity index (χ0) is 13.8. The van der Waals surface area contributed by atoms with Gasteiger partial charge >= 0.3 is 0 Å². The van der Waals surface area contributed by atoms with Crippen LogP contribution in [0.3, 0.4) is 0 Å². The summed E-state index contributed by atoms with van der Waals surface area (Å²) in [4.78, 5) is 0. The molecule has 0 saturated heterocycles. The lowest BCUT2D eigenvalue weighted by molar-refractivity contribution is 0.301. The van der Waals surface area contributed by atoms with E-state index in [0.29, 0.717) is 6.61 Å². The van der Waals surface area contributed by atoms with E-state index in [1.165, 1.54) is 16.7 Å². The Morgan fingerprint density at radius 3 is 2.32 bits per heavy atom. The van der Waals surface area contributed by atoms with E-state index in [1.54, 1.807) is 0 Å². The van der Waals surface area contributed by atoms with Gasteiger partial charge in [-0.3, -0.25) is 0 Å². The van der Waals surface area contributed by atoms with Gasteiger partial charge in [0.25, 0.3) is 0 Å². The van der Waals surface area contributed by atoms with Crippen molar-refractivity contribution < 1.29 is 4.74 Å². The van der Waals surface area contributed by atoms with Crippen molar-refractivity contribution in [3.63, 3.8) is 0 Å². The minimum Gasteiger partial charge on any atom is -0.489 e. The molecule has 2 nitrogen and oxygen atoms in total. The minimum atomic E-state index is -0.0181. The zero-order valence-electron chi connectivity index (χ0n) is 11.8. The number of hydrogen-bond donors (Lipinski definition) is 1. The number of para-hydroxylation sites is 1. The number of nitrogens with two attached hydrogens (primary N) is 1. The van der Waals surface area contributed by atoms with E-state index in [9.17, 15) is 0 Å². The fraction of sp³-hybridized carbons (Fsp3) is 0.294. The highest BCUT2D eigenvalue weighted by Gasteiger charge is 2.07. The molecule has 0 saturated carbocycles. The molecule has 0 aliphatic heterocycles. The molecule has 0 bridgehead atoms. The van der Waals surface area contributed by atoms with Gasteiger partial charge < -0.3 is 10.5 Å². The normalized spacial score (nSPS) is 12.2. The number of hydrogen-bond acceptors (Lipinski definition) is 2. The lowest BCUT2D eigenvalue weighted by Gasteiger charge is -2.14. The predicted octanol–water partition coefficient (Wildman–Crippen LogP) is 3.90. The van der Waals surface area contributed by atoms with E-state index < -0.39 is 0 Å². The molecular formula is C17H21NO. The maximum absolute atomic E-state index is 5.95. The van der Waals surface area contributed by atoms with E-state index in [4.69, 9.17) is 10.5 Å². The molecule has 1 atom stereocenters. The molecular weight excluding hydrogens is 234 g/mol. The van der Waals surface area contributed by atoms with Crippen molar-refractivity contribution in [1.29, 1.82) is 0 Å². The van der Waals surface area contributed by atoms with Crippen LogP contribution in [0.25, 0.3) is 0 Å². The van der Waals surface area contributed by atoms with Gasteiger partial charge in [0, 0.05) is 11.6 Å². The number of aryl methyl sites for hydroxylation is 2. The molecule has 2 heteroatoms. The molecule has 0 heterocycles. The Bertz CT molecular complexity index is 541. The van der Waals surface area contributed by atoms with Gasteiger partial charge in [-0.1, -0.05) is 47.5 Å². The first-order valence-corrected chi connectivity index (χ1v) is 6.61. The third-order valence-corrected chi connectivity index (χ3v) is 3.09. The van der Waals surface area contributed by atoms with Crippen molar-refractivity contribution >= 4 is 0 Å². The average molecular weight is 255 g/mol. The Hall–Kier alpha value is -1.80. The van der Waals surface area contributed by atoms with Crippen LogP contribution in [0.5, 0.6) is 5.75 Å². The fourth-order valence-corrected chi connectivity index (χ4v) is 2.30. The van der Waals surface area contributed by atoms with Crippen LogP contribution in [0.1, 0.15) is 35.2 Å². The molecule has 0 spiro atoms. The third-order valence-electron chi connectivity index (χ3n) is 3.09. The van der Waals surface area contributed by atoms with E-state index in [2.05, 4.69) is 32.0 Å². The quantitative estimate of drug-likeness (QED) is 0.899. The second kappa shape index (κ2) is 5.89. The monoisotopic (exact) mass is 255 g/mol. The van der Waals surface area contributed by atoms with E-state index >= 15 is 0 Å². The average Bonchev–Trinajstić information content (AvgIpc) is 2.35. The Balaban J connectivity index is 2.14. The first-order chi connectivity index (χ1) is 9.06. The van der Waals surface area contributed by atoms with Crippen LogP contribution in [0.4, 0.5) is 0 Å². The summed E-state index contributed by atoms with van der Waals surface area (Å²) >= 11 is 0. The number of ether oxygens (including phenoxy) is 1. The highest BCUT2D eigenvalue weighted by Crippen LogP contribution is 2.24. The van der Waals surface area contributed by atoms with Gasteiger partial charge in [-0.25, -0.2) is 0 Å². The molecule has 0 aliphatic rings. The van der Waals surface area contributed by atoms with Crippen molar-refractivity contribution in [3.8, 4) is 5.75 Å². The van der Waals surface area contributed by atoms with Gasteiger partial charge in [0.1, 0.15) is 12.4 Å². The Labute approximate surface area is 115 Å². The third kappa shape index (κ3) is 3.58. The first-order valence-electron chi connectivity index (χ1n) is 6.61. The lowest BCUT2D eigenvalue weighted by Crippen LogP contribution is -2.08. The number of benzene rings is 2. The van der Waals surface area contributed by atoms with Crippen molar-refractivity contribution in [3.05, 3.63) is 64.7 Å². The standard InChI is InChI=1S/C17H21NO/c1-12-8-13(2)10-15(9-12)11-19-17-7-5-4-6-16(17)14(3)18/h4-10,14H,11,18H2,1-3H3. The van der Waals surface area contributed by atoms with Crippen LogP contribution < -0.4 is 10.5 Å². The van der Waals surface area contributed by atoms with Crippen LogP contribution in [-0.4, -0.2) is 0 Å². The van der Waals surface area contributed by atoms with Crippen LogP contribution >= 0.6 is 0 Å². The lowest BCUT2D eigenvalue weighted by atomic mass is 10.1. The van der Waals surface area contributed by atoms with E-state index in [0.717, 1.165) is 11.3 Å². The smallest absolute Gasteiger partial charge is 0.124 e. The summed E-state index contributed by atoms with van der Waals surface area (Å²) in [5.74, 6) is 0.872. The van der Waals surface area contributed by atoms with Gasteiger partial charge in [-0.05, 0) is 32.4 Å². The number of rotatable bonds is 4. The van der Waals surface area contributed by atoms with Gasteiger partial charge in [0.05, 0.1) is 0 Å². The van der Waals surface area contributed by atoms with Crippen molar-refractivity contribution in [1.82, 2.24) is 0 Å². The van der Waals surface area contributed by atoms with E-state index in [-0.39, 0.29) is 6.04 Å². The van der Waals surface area contributed by atoms with Gasteiger partial charge in [-0.15, -0.1) is 0 Å². The Morgan fingerprint density at radius 1 is 1.05 bits per heavy atom. The molecule has 19 heavy (non-hydrogen) atoms. The maximum Gasteiger partial charge on any atom is 0.124 e. The van der Waals surface area contributed by atoms with Gasteiger partial charge in [0.2, 0.25) is 0 Å². The first kappa shape index (κ1) is 13.6. The molecule has 2 aromatic carbocycles. The molecule has 0 aliphatic carbocycles. The summed E-state index contributed by atoms with van der Waals surface area (Å²) in [6, 6.07) is 14.4. The Kier molecular flexibility index (Phi) is 4.23. The highest BCUT2D eigenvalue weighted by atomic mass is 16.5. The van der Waals surface area contributed by atoms with Crippen LogP contribution in [-0.2, 0) is 6.61 Å². The summed E-state index contributed by atoms with van der Waals surface area (Å²) in [7, 11) is 0. The highest BCUT2D eigenvalue weighted by molar-refractivity contribution is 5.36. The maximum atomic E-state index is 5.95. The topological polar surface area (TPSA) is 35.2 Å². The minimum absolute atomic E-state index is 0.0181. The second-order valence-corrected chi connectivity index (χ2v) is 5.11. The summed E-state index contributed by atoms with van der Waals surface area (Å²) in [6.45, 7) is 6.75. The summed E-state index contributed by atoms with van der Waals surface area (Å²) in [5.41, 5.74) is 10.7. The van der Waals surface area contributed by atoms with Crippen molar-refractivity contribution in [2.75, 3.05) is 0 Å². The predicted molar refractivity (Wildman–Crippen MR) is 79.3 cm³/mol. The van der Waals surface area contributed by atoms with Gasteiger partial charge in [0.15, 0.2) is 0 Å². The molecule has 0 fully saturated rings. The van der Waals surface area contributed by atoms with Crippen LogP contribution in [0.15, 0.2) is 42.5 Å².